The summed E-state index contributed by atoms with van der Waals surface area (Å²) in [4.78, 5) is 25.4. The second-order valence-electron chi connectivity index (χ2n) is 9.08. The van der Waals surface area contributed by atoms with E-state index in [1.807, 2.05) is 30.3 Å². The monoisotopic (exact) mass is 571 g/mol. The van der Waals surface area contributed by atoms with Crippen molar-refractivity contribution >= 4 is 22.6 Å². The number of hydrogen-bond donors (Lipinski definition) is 2. The van der Waals surface area contributed by atoms with Crippen LogP contribution >= 0.6 is 0 Å². The van der Waals surface area contributed by atoms with Gasteiger partial charge < -0.3 is 24.6 Å². The van der Waals surface area contributed by atoms with E-state index in [2.05, 4.69) is 10.1 Å². The summed E-state index contributed by atoms with van der Waals surface area (Å²) in [6, 6.07) is 19.4. The van der Waals surface area contributed by atoms with Crippen molar-refractivity contribution in [2.75, 3.05) is 0 Å². The van der Waals surface area contributed by atoms with Crippen molar-refractivity contribution < 1.29 is 46.5 Å². The van der Waals surface area contributed by atoms with Gasteiger partial charge in [0.25, 0.3) is 5.91 Å². The number of rotatable bonds is 11. The third-order valence-electron chi connectivity index (χ3n) is 6.09. The molecule has 0 aliphatic carbocycles. The minimum atomic E-state index is -4.84. The fraction of sp³-hybridized carbons (Fsp3) is 0.200. The molecule has 1 amide bonds. The Morgan fingerprint density at radius 1 is 0.902 bits per heavy atom. The van der Waals surface area contributed by atoms with E-state index in [9.17, 15) is 32.3 Å². The molecule has 0 unspecified atom stereocenters. The Balaban J connectivity index is 1.55. The molecule has 214 valence electrons. The smallest absolute Gasteiger partial charge is 0.487 e. The molecule has 0 aliphatic rings. The molecule has 2 N–H and O–H groups in total. The van der Waals surface area contributed by atoms with Gasteiger partial charge in [-0.15, -0.1) is 13.2 Å². The zero-order valence-corrected chi connectivity index (χ0v) is 21.7. The van der Waals surface area contributed by atoms with Crippen molar-refractivity contribution in [1.29, 1.82) is 0 Å². The molecule has 0 radical (unpaired) electrons. The quantitative estimate of drug-likeness (QED) is 0.207. The van der Waals surface area contributed by atoms with Crippen LogP contribution in [0.1, 0.15) is 28.4 Å². The molecule has 41 heavy (non-hydrogen) atoms. The maximum atomic E-state index is 13.9. The number of carbonyl (C=O) groups excluding carboxylic acids is 1. The molecule has 4 rings (SSSR count). The molecular formula is C30H25F4NO6. The normalized spacial score (nSPS) is 12.9. The van der Waals surface area contributed by atoms with Gasteiger partial charge in [-0.2, -0.15) is 0 Å². The zero-order valence-electron chi connectivity index (χ0n) is 21.7. The molecule has 0 aliphatic heterocycles. The van der Waals surface area contributed by atoms with Crippen LogP contribution in [-0.4, -0.2) is 35.5 Å². The summed E-state index contributed by atoms with van der Waals surface area (Å²) >= 11 is 0. The average Bonchev–Trinajstić information content (AvgIpc) is 2.93. The van der Waals surface area contributed by atoms with Gasteiger partial charge in [-0.1, -0.05) is 48.5 Å². The molecule has 7 nitrogen and oxygen atoms in total. The van der Waals surface area contributed by atoms with Crippen LogP contribution in [0.3, 0.4) is 0 Å². The van der Waals surface area contributed by atoms with E-state index in [0.29, 0.717) is 16.3 Å². The second-order valence-corrected chi connectivity index (χ2v) is 9.08. The van der Waals surface area contributed by atoms with Crippen LogP contribution in [0.5, 0.6) is 11.5 Å². The van der Waals surface area contributed by atoms with E-state index >= 15 is 0 Å². The molecule has 0 saturated heterocycles. The Hall–Kier alpha value is -4.64. The molecular weight excluding hydrogens is 546 g/mol. The highest BCUT2D eigenvalue weighted by Gasteiger charge is 2.31. The van der Waals surface area contributed by atoms with Crippen LogP contribution in [-0.2, 0) is 22.7 Å². The third-order valence-corrected chi connectivity index (χ3v) is 6.09. The predicted octanol–water partition coefficient (Wildman–Crippen LogP) is 6.24. The van der Waals surface area contributed by atoms with Gasteiger partial charge in [0.1, 0.15) is 23.9 Å². The van der Waals surface area contributed by atoms with Crippen molar-refractivity contribution in [3.05, 3.63) is 107 Å². The molecule has 4 aromatic rings. The fourth-order valence-corrected chi connectivity index (χ4v) is 4.05. The lowest BCUT2D eigenvalue weighted by Crippen LogP contribution is -2.48. The molecule has 0 fully saturated rings. The number of nitrogens with one attached hydrogen (secondary N) is 1. The van der Waals surface area contributed by atoms with E-state index in [1.165, 1.54) is 49.4 Å². The largest absolute Gasteiger partial charge is 0.573 e. The van der Waals surface area contributed by atoms with Crippen molar-refractivity contribution in [2.24, 2.45) is 0 Å². The van der Waals surface area contributed by atoms with Crippen LogP contribution < -0.4 is 14.8 Å². The van der Waals surface area contributed by atoms with E-state index in [-0.39, 0.29) is 24.5 Å². The SMILES string of the molecule is C[C@H](OCc1ccccc1)[C@H](NC(=O)c1ccc2cc(F)ccc2c1OCc1ccc(OC(F)(F)F)cc1)C(=O)O. The summed E-state index contributed by atoms with van der Waals surface area (Å²) < 4.78 is 66.8. The molecule has 0 bridgehead atoms. The molecule has 0 aromatic heterocycles. The van der Waals surface area contributed by atoms with Gasteiger partial charge in [0.2, 0.25) is 0 Å². The first-order valence-electron chi connectivity index (χ1n) is 12.4. The van der Waals surface area contributed by atoms with Gasteiger partial charge in [-0.25, -0.2) is 9.18 Å². The summed E-state index contributed by atoms with van der Waals surface area (Å²) in [6.07, 6.45) is -5.75. The summed E-state index contributed by atoms with van der Waals surface area (Å²) in [6.45, 7) is 1.49. The van der Waals surface area contributed by atoms with Gasteiger partial charge in [-0.05, 0) is 59.8 Å². The first-order chi connectivity index (χ1) is 19.5. The zero-order chi connectivity index (χ0) is 29.6. The summed E-state index contributed by atoms with van der Waals surface area (Å²) in [5.41, 5.74) is 1.25. The van der Waals surface area contributed by atoms with Gasteiger partial charge in [0.05, 0.1) is 18.3 Å². The molecule has 2 atom stereocenters. The first-order valence-corrected chi connectivity index (χ1v) is 12.4. The number of halogens is 4. The van der Waals surface area contributed by atoms with Gasteiger partial charge in [-0.3, -0.25) is 4.79 Å². The first kappa shape index (κ1) is 29.3. The Bertz CT molecular complexity index is 1510. The highest BCUT2D eigenvalue weighted by atomic mass is 19.4. The highest BCUT2D eigenvalue weighted by Crippen LogP contribution is 2.32. The van der Waals surface area contributed by atoms with Crippen LogP contribution in [0.15, 0.2) is 84.9 Å². The third kappa shape index (κ3) is 7.95. The topological polar surface area (TPSA) is 94.1 Å². The summed E-state index contributed by atoms with van der Waals surface area (Å²) in [5.74, 6) is -2.98. The van der Waals surface area contributed by atoms with Gasteiger partial charge in [0, 0.05) is 5.39 Å². The average molecular weight is 572 g/mol. The lowest BCUT2D eigenvalue weighted by Gasteiger charge is -2.23. The van der Waals surface area contributed by atoms with E-state index in [0.717, 1.165) is 17.7 Å². The van der Waals surface area contributed by atoms with Gasteiger partial charge in [0.15, 0.2) is 6.04 Å². The predicted molar refractivity (Wildman–Crippen MR) is 141 cm³/mol. The van der Waals surface area contributed by atoms with Crippen LogP contribution in [0.25, 0.3) is 10.8 Å². The number of hydrogen-bond acceptors (Lipinski definition) is 5. The van der Waals surface area contributed by atoms with E-state index in [1.54, 1.807) is 0 Å². The number of alkyl halides is 3. The number of carboxylic acids is 1. The Labute approximate surface area is 232 Å². The number of carbonyl (C=O) groups is 2. The second kappa shape index (κ2) is 12.7. The van der Waals surface area contributed by atoms with Crippen molar-refractivity contribution in [2.45, 2.75) is 38.6 Å². The van der Waals surface area contributed by atoms with E-state index < -0.39 is 42.0 Å². The molecule has 11 heteroatoms. The standard InChI is InChI=1S/C30H25F4NO6/c1-18(39-16-19-5-3-2-4-6-19)26(29(37)38)35-28(36)25-13-9-21-15-22(31)10-14-24(21)27(25)40-17-20-7-11-23(12-8-20)41-30(32,33)34/h2-15,18,26H,16-17H2,1H3,(H,35,36)(H,37,38)/t18-,26-/m0/s1. The number of aliphatic carboxylic acids is 1. The van der Waals surface area contributed by atoms with E-state index in [4.69, 9.17) is 9.47 Å². The maximum Gasteiger partial charge on any atom is 0.573 e. The molecule has 0 heterocycles. The lowest BCUT2D eigenvalue weighted by molar-refractivity contribution is -0.274. The minimum absolute atomic E-state index is 0.0253. The highest BCUT2D eigenvalue weighted by molar-refractivity contribution is 6.05. The number of benzene rings is 4. The maximum absolute atomic E-state index is 13.9. The fourth-order valence-electron chi connectivity index (χ4n) is 4.05. The van der Waals surface area contributed by atoms with Crippen LogP contribution in [0, 0.1) is 5.82 Å². The number of carboxylic acid groups (broad SMARTS) is 1. The minimum Gasteiger partial charge on any atom is -0.487 e. The Morgan fingerprint density at radius 3 is 2.24 bits per heavy atom. The summed E-state index contributed by atoms with van der Waals surface area (Å²) in [5, 5.41) is 13.1. The molecule has 0 spiro atoms. The van der Waals surface area contributed by atoms with Crippen molar-refractivity contribution in [1.82, 2.24) is 5.32 Å². The van der Waals surface area contributed by atoms with Gasteiger partial charge >= 0.3 is 12.3 Å². The Kier molecular flexibility index (Phi) is 9.08. The molecule has 0 saturated carbocycles. The van der Waals surface area contributed by atoms with Crippen molar-refractivity contribution in [3.8, 4) is 11.5 Å². The Morgan fingerprint density at radius 2 is 1.59 bits per heavy atom. The number of fused-ring (bicyclic) bond motifs is 1. The van der Waals surface area contributed by atoms with Crippen LogP contribution in [0.4, 0.5) is 17.6 Å². The lowest BCUT2D eigenvalue weighted by atomic mass is 10.0. The molecule has 4 aromatic carbocycles. The van der Waals surface area contributed by atoms with Crippen molar-refractivity contribution in [3.63, 3.8) is 0 Å². The summed E-state index contributed by atoms with van der Waals surface area (Å²) in [7, 11) is 0. The number of amides is 1. The van der Waals surface area contributed by atoms with Crippen LogP contribution in [0.2, 0.25) is 0 Å². The number of ether oxygens (including phenoxy) is 3.